The molecular formula is C40H42O8. The number of esters is 4. The van der Waals surface area contributed by atoms with Crippen LogP contribution in [0.2, 0.25) is 0 Å². The van der Waals surface area contributed by atoms with Crippen LogP contribution in [0, 0.1) is 13.8 Å². The average molecular weight is 651 g/mol. The fraction of sp³-hybridized carbons (Fsp3) is 0.300. The molecule has 0 N–H and O–H groups in total. The summed E-state index contributed by atoms with van der Waals surface area (Å²) in [6, 6.07) is 14.5. The fourth-order valence-corrected chi connectivity index (χ4v) is 5.52. The molecule has 0 bridgehead atoms. The van der Waals surface area contributed by atoms with Gasteiger partial charge in [-0.25, -0.2) is 0 Å². The number of hydrogen-bond donors (Lipinski definition) is 0. The lowest BCUT2D eigenvalue weighted by Crippen LogP contribution is -2.16. The fourth-order valence-electron chi connectivity index (χ4n) is 5.52. The molecule has 48 heavy (non-hydrogen) atoms. The highest BCUT2D eigenvalue weighted by Crippen LogP contribution is 2.43. The van der Waals surface area contributed by atoms with Crippen LogP contribution in [-0.2, 0) is 32.0 Å². The molecule has 0 amide bonds. The van der Waals surface area contributed by atoms with E-state index in [-0.39, 0.29) is 12.8 Å². The van der Waals surface area contributed by atoms with Crippen LogP contribution in [0.15, 0.2) is 71.8 Å². The van der Waals surface area contributed by atoms with Crippen LogP contribution >= 0.6 is 0 Å². The molecule has 0 aliphatic heterocycles. The molecule has 0 fully saturated rings. The van der Waals surface area contributed by atoms with E-state index in [1.54, 1.807) is 0 Å². The summed E-state index contributed by atoms with van der Waals surface area (Å²) < 4.78 is 23.2. The number of benzene rings is 4. The van der Waals surface area contributed by atoms with Gasteiger partial charge in [0.1, 0.15) is 23.0 Å². The van der Waals surface area contributed by atoms with Crippen molar-refractivity contribution in [2.75, 3.05) is 0 Å². The summed E-state index contributed by atoms with van der Waals surface area (Å²) in [5, 5.41) is 2.51. The van der Waals surface area contributed by atoms with Crippen LogP contribution in [0.25, 0.3) is 21.5 Å². The first-order valence-electron chi connectivity index (χ1n) is 15.9. The van der Waals surface area contributed by atoms with Crippen molar-refractivity contribution in [1.82, 2.24) is 0 Å². The summed E-state index contributed by atoms with van der Waals surface area (Å²) in [6.07, 6.45) is 4.45. The molecule has 4 rings (SSSR count). The highest BCUT2D eigenvalue weighted by Gasteiger charge is 2.24. The summed E-state index contributed by atoms with van der Waals surface area (Å²) in [4.78, 5) is 50.7. The summed E-state index contributed by atoms with van der Waals surface area (Å²) >= 11 is 0. The number of carbonyl (C=O) groups is 4. The van der Waals surface area contributed by atoms with Crippen molar-refractivity contribution in [2.24, 2.45) is 0 Å². The topological polar surface area (TPSA) is 105 Å². The third kappa shape index (κ3) is 8.37. The van der Waals surface area contributed by atoms with Crippen LogP contribution in [0.3, 0.4) is 0 Å². The number of rotatable bonds is 11. The Morgan fingerprint density at radius 3 is 1.10 bits per heavy atom. The van der Waals surface area contributed by atoms with Gasteiger partial charge < -0.3 is 18.9 Å². The molecule has 250 valence electrons. The first-order chi connectivity index (χ1) is 22.8. The summed E-state index contributed by atoms with van der Waals surface area (Å²) in [5.41, 5.74) is 4.94. The van der Waals surface area contributed by atoms with E-state index in [2.05, 4.69) is 0 Å². The maximum atomic E-state index is 13.3. The van der Waals surface area contributed by atoms with Gasteiger partial charge in [0.2, 0.25) is 0 Å². The maximum Gasteiger partial charge on any atom is 0.311 e. The van der Waals surface area contributed by atoms with Crippen LogP contribution in [0.1, 0.15) is 76.6 Å². The van der Waals surface area contributed by atoms with Crippen LogP contribution in [-0.4, -0.2) is 23.9 Å². The number of carbonyl (C=O) groups excluding carboxylic acids is 4. The van der Waals surface area contributed by atoms with Crippen molar-refractivity contribution >= 4 is 45.4 Å². The molecule has 0 aliphatic rings. The minimum atomic E-state index is -0.605. The highest BCUT2D eigenvalue weighted by atomic mass is 16.6. The normalized spacial score (nSPS) is 10.8. The molecule has 0 spiro atoms. The molecule has 8 heteroatoms. The molecule has 0 unspecified atom stereocenters. The van der Waals surface area contributed by atoms with Gasteiger partial charge >= 0.3 is 23.9 Å². The molecular weight excluding hydrogens is 608 g/mol. The van der Waals surface area contributed by atoms with Gasteiger partial charge in [0.15, 0.2) is 0 Å². The zero-order chi connectivity index (χ0) is 35.1. The number of ether oxygens (including phenoxy) is 4. The third-order valence-corrected chi connectivity index (χ3v) is 7.85. The highest BCUT2D eigenvalue weighted by molar-refractivity contribution is 6.00. The third-order valence-electron chi connectivity index (χ3n) is 7.85. The summed E-state index contributed by atoms with van der Waals surface area (Å²) in [7, 11) is 0. The summed E-state index contributed by atoms with van der Waals surface area (Å²) in [6.45, 7) is 14.3. The molecule has 0 aliphatic carbocycles. The Morgan fingerprint density at radius 2 is 0.812 bits per heavy atom. The second-order valence-corrected chi connectivity index (χ2v) is 12.2. The monoisotopic (exact) mass is 650 g/mol. The van der Waals surface area contributed by atoms with Gasteiger partial charge in [-0.1, -0.05) is 71.8 Å². The molecule has 0 radical (unpaired) electrons. The smallest absolute Gasteiger partial charge is 0.311 e. The lowest BCUT2D eigenvalue weighted by molar-refractivity contribution is -0.140. The molecule has 4 aromatic carbocycles. The lowest BCUT2D eigenvalue weighted by Gasteiger charge is -2.20. The van der Waals surface area contributed by atoms with Gasteiger partial charge in [0.05, 0.1) is 12.8 Å². The minimum absolute atomic E-state index is 0.230. The Balaban J connectivity index is 1.65. The second-order valence-electron chi connectivity index (χ2n) is 12.2. The second kappa shape index (κ2) is 15.6. The first kappa shape index (κ1) is 35.6. The van der Waals surface area contributed by atoms with Crippen LogP contribution in [0.5, 0.6) is 23.0 Å². The average Bonchev–Trinajstić information content (AvgIpc) is 3.02. The van der Waals surface area contributed by atoms with E-state index in [0.29, 0.717) is 79.6 Å². The molecule has 0 saturated carbocycles. The van der Waals surface area contributed by atoms with E-state index in [4.69, 9.17) is 18.9 Å². The molecule has 8 nitrogen and oxygen atoms in total. The van der Waals surface area contributed by atoms with E-state index in [9.17, 15) is 19.2 Å². The largest absolute Gasteiger partial charge is 0.426 e. The van der Waals surface area contributed by atoms with Gasteiger partial charge in [-0.2, -0.15) is 0 Å². The number of fused-ring (bicyclic) bond motifs is 2. The van der Waals surface area contributed by atoms with Gasteiger partial charge in [-0.05, 0) is 65.5 Å². The Kier molecular flexibility index (Phi) is 11.5. The Morgan fingerprint density at radius 1 is 0.500 bits per heavy atom. The zero-order valence-corrected chi connectivity index (χ0v) is 28.9. The standard InChI is InChI=1S/C40H42O8/c1-23(2)17-19-29-25(5)37(45-27(7)41)31-13-9-11-15-33(31)39(29)47-35(43)21-22-36(44)48-40-30(20-18-24(3)4)26(6)38(46-28(8)42)32-14-10-12-16-34(32)40/h9-18H,19-22H2,1-8H3. The van der Waals surface area contributed by atoms with Crippen molar-refractivity contribution in [3.05, 3.63) is 94.1 Å². The van der Waals surface area contributed by atoms with Gasteiger partial charge in [0, 0.05) is 46.5 Å². The maximum absolute atomic E-state index is 13.3. The molecule has 0 aromatic heterocycles. The molecule has 0 atom stereocenters. The van der Waals surface area contributed by atoms with Crippen molar-refractivity contribution < 1.29 is 38.1 Å². The van der Waals surface area contributed by atoms with Gasteiger partial charge in [-0.15, -0.1) is 0 Å². The van der Waals surface area contributed by atoms with E-state index in [1.165, 1.54) is 13.8 Å². The van der Waals surface area contributed by atoms with Crippen LogP contribution in [0.4, 0.5) is 0 Å². The molecule has 4 aromatic rings. The predicted octanol–water partition coefficient (Wildman–Crippen LogP) is 8.77. The Labute approximate surface area is 281 Å². The van der Waals surface area contributed by atoms with Gasteiger partial charge in [-0.3, -0.25) is 19.2 Å². The predicted molar refractivity (Wildman–Crippen MR) is 187 cm³/mol. The van der Waals surface area contributed by atoms with Crippen molar-refractivity contribution in [2.45, 2.75) is 81.1 Å². The SMILES string of the molecule is CC(=O)Oc1c(C)c(CC=C(C)C)c(OC(=O)CCC(=O)Oc2c(CC=C(C)C)c(C)c(OC(C)=O)c3ccccc23)c2ccccc12. The van der Waals surface area contributed by atoms with Crippen LogP contribution < -0.4 is 18.9 Å². The van der Waals surface area contributed by atoms with Crippen molar-refractivity contribution in [3.8, 4) is 23.0 Å². The van der Waals surface area contributed by atoms with E-state index >= 15 is 0 Å². The Bertz CT molecular complexity index is 1830. The molecule has 0 heterocycles. The van der Waals surface area contributed by atoms with E-state index in [1.807, 2.05) is 102 Å². The number of allylic oxidation sites excluding steroid dienone is 4. The zero-order valence-electron chi connectivity index (χ0n) is 28.9. The quantitative estimate of drug-likeness (QED) is 0.0901. The Hall–Kier alpha value is -5.24. The van der Waals surface area contributed by atoms with Gasteiger partial charge in [0.25, 0.3) is 0 Å². The lowest BCUT2D eigenvalue weighted by atomic mass is 9.95. The van der Waals surface area contributed by atoms with Crippen molar-refractivity contribution in [1.29, 1.82) is 0 Å². The molecule has 0 saturated heterocycles. The summed E-state index contributed by atoms with van der Waals surface area (Å²) in [5.74, 6) is -0.546. The minimum Gasteiger partial charge on any atom is -0.426 e. The van der Waals surface area contributed by atoms with E-state index in [0.717, 1.165) is 11.1 Å². The first-order valence-corrected chi connectivity index (χ1v) is 15.9. The number of hydrogen-bond acceptors (Lipinski definition) is 8. The van der Waals surface area contributed by atoms with E-state index < -0.39 is 23.9 Å². The van der Waals surface area contributed by atoms with Crippen molar-refractivity contribution in [3.63, 3.8) is 0 Å².